The fourth-order valence-corrected chi connectivity index (χ4v) is 3.70. The van der Waals surface area contributed by atoms with Gasteiger partial charge in [0.2, 0.25) is 0 Å². The molecule has 0 bridgehead atoms. The highest BCUT2D eigenvalue weighted by atomic mass is 32.1. The van der Waals surface area contributed by atoms with Gasteiger partial charge in [0.05, 0.1) is 12.8 Å². The minimum absolute atomic E-state index is 0.128. The van der Waals surface area contributed by atoms with E-state index in [1.807, 2.05) is 61.7 Å². The van der Waals surface area contributed by atoms with Crippen LogP contribution in [0.5, 0.6) is 11.5 Å². The predicted molar refractivity (Wildman–Crippen MR) is 117 cm³/mol. The van der Waals surface area contributed by atoms with E-state index >= 15 is 0 Å². The van der Waals surface area contributed by atoms with Crippen LogP contribution in [0.15, 0.2) is 47.8 Å². The SMILES string of the molecule is COc1ccc(-c2nc(CCNC(=O)C(C)Oc3cccc(C)c3C)cs2)cc1. The molecule has 5 nitrogen and oxygen atoms in total. The van der Waals surface area contributed by atoms with E-state index in [2.05, 4.69) is 10.3 Å². The number of nitrogens with one attached hydrogen (secondary N) is 1. The maximum absolute atomic E-state index is 12.4. The molecule has 1 atom stereocenters. The summed E-state index contributed by atoms with van der Waals surface area (Å²) in [6.45, 7) is 6.31. The van der Waals surface area contributed by atoms with Crippen molar-refractivity contribution in [2.75, 3.05) is 13.7 Å². The van der Waals surface area contributed by atoms with E-state index in [-0.39, 0.29) is 5.91 Å². The summed E-state index contributed by atoms with van der Waals surface area (Å²) >= 11 is 1.60. The number of hydrogen-bond donors (Lipinski definition) is 1. The van der Waals surface area contributed by atoms with Crippen LogP contribution in [0.1, 0.15) is 23.7 Å². The molecule has 3 rings (SSSR count). The summed E-state index contributed by atoms with van der Waals surface area (Å²) in [6.07, 6.45) is 0.120. The Morgan fingerprint density at radius 2 is 1.93 bits per heavy atom. The Kier molecular flexibility index (Phi) is 6.88. The molecule has 2 aromatic carbocycles. The zero-order valence-electron chi connectivity index (χ0n) is 17.2. The Bertz CT molecular complexity index is 967. The van der Waals surface area contributed by atoms with Crippen molar-refractivity contribution < 1.29 is 14.3 Å². The van der Waals surface area contributed by atoms with Gasteiger partial charge in [-0.2, -0.15) is 0 Å². The Hall–Kier alpha value is -2.86. The van der Waals surface area contributed by atoms with Crippen LogP contribution in [-0.4, -0.2) is 30.6 Å². The number of aromatic nitrogens is 1. The average molecular weight is 411 g/mol. The van der Waals surface area contributed by atoms with Crippen LogP contribution in [0.25, 0.3) is 10.6 Å². The van der Waals surface area contributed by atoms with E-state index in [1.165, 1.54) is 0 Å². The smallest absolute Gasteiger partial charge is 0.260 e. The van der Waals surface area contributed by atoms with Crippen molar-refractivity contribution in [3.8, 4) is 22.1 Å². The van der Waals surface area contributed by atoms with Gasteiger partial charge in [0.1, 0.15) is 16.5 Å². The lowest BCUT2D eigenvalue weighted by Gasteiger charge is -2.17. The van der Waals surface area contributed by atoms with Crippen molar-refractivity contribution in [3.63, 3.8) is 0 Å². The molecule has 1 amide bonds. The molecule has 1 N–H and O–H groups in total. The van der Waals surface area contributed by atoms with E-state index in [4.69, 9.17) is 9.47 Å². The maximum Gasteiger partial charge on any atom is 0.260 e. The number of carbonyl (C=O) groups is 1. The van der Waals surface area contributed by atoms with E-state index < -0.39 is 6.10 Å². The van der Waals surface area contributed by atoms with Gasteiger partial charge in [-0.05, 0) is 62.2 Å². The number of aryl methyl sites for hydroxylation is 1. The first-order valence-corrected chi connectivity index (χ1v) is 10.5. The molecule has 0 aliphatic carbocycles. The number of thiazole rings is 1. The normalized spacial score (nSPS) is 11.7. The molecule has 0 spiro atoms. The molecule has 3 aromatic rings. The quantitative estimate of drug-likeness (QED) is 0.591. The highest BCUT2D eigenvalue weighted by Crippen LogP contribution is 2.26. The lowest BCUT2D eigenvalue weighted by Crippen LogP contribution is -2.37. The first-order valence-electron chi connectivity index (χ1n) is 9.57. The number of methoxy groups -OCH3 is 1. The van der Waals surface area contributed by atoms with Gasteiger partial charge in [-0.15, -0.1) is 11.3 Å². The van der Waals surface area contributed by atoms with E-state index in [0.717, 1.165) is 38.9 Å². The zero-order valence-corrected chi connectivity index (χ0v) is 18.0. The van der Waals surface area contributed by atoms with Crippen molar-refractivity contribution in [1.29, 1.82) is 0 Å². The van der Waals surface area contributed by atoms with E-state index in [1.54, 1.807) is 25.4 Å². The molecule has 1 heterocycles. The number of rotatable bonds is 8. The Morgan fingerprint density at radius 3 is 2.66 bits per heavy atom. The summed E-state index contributed by atoms with van der Waals surface area (Å²) in [5.74, 6) is 1.44. The Balaban J connectivity index is 1.50. The first-order chi connectivity index (χ1) is 14.0. The van der Waals surface area contributed by atoms with Crippen LogP contribution >= 0.6 is 11.3 Å². The molecule has 0 saturated carbocycles. The third-order valence-corrected chi connectivity index (χ3v) is 5.74. The summed E-state index contributed by atoms with van der Waals surface area (Å²) in [5, 5.41) is 5.92. The largest absolute Gasteiger partial charge is 0.497 e. The van der Waals surface area contributed by atoms with Crippen LogP contribution in [0.3, 0.4) is 0 Å². The molecule has 152 valence electrons. The molecule has 0 saturated heterocycles. The van der Waals surface area contributed by atoms with Gasteiger partial charge in [-0.1, -0.05) is 12.1 Å². The summed E-state index contributed by atoms with van der Waals surface area (Å²) in [6, 6.07) is 13.7. The third-order valence-electron chi connectivity index (χ3n) is 4.80. The Labute approximate surface area is 175 Å². The van der Waals surface area contributed by atoms with Crippen molar-refractivity contribution in [1.82, 2.24) is 10.3 Å². The fraction of sp³-hybridized carbons (Fsp3) is 0.304. The van der Waals surface area contributed by atoms with E-state index in [9.17, 15) is 4.79 Å². The molecule has 0 aliphatic rings. The number of hydrogen-bond acceptors (Lipinski definition) is 5. The zero-order chi connectivity index (χ0) is 20.8. The van der Waals surface area contributed by atoms with Gasteiger partial charge in [0.25, 0.3) is 5.91 Å². The van der Waals surface area contributed by atoms with Crippen molar-refractivity contribution in [2.24, 2.45) is 0 Å². The van der Waals surface area contributed by atoms with E-state index in [0.29, 0.717) is 13.0 Å². The van der Waals surface area contributed by atoms with Crippen LogP contribution < -0.4 is 14.8 Å². The Morgan fingerprint density at radius 1 is 1.17 bits per heavy atom. The average Bonchev–Trinajstić information content (AvgIpc) is 3.20. The third kappa shape index (κ3) is 5.35. The minimum atomic E-state index is -0.555. The highest BCUT2D eigenvalue weighted by Gasteiger charge is 2.16. The standard InChI is InChI=1S/C23H26N2O3S/c1-15-6-5-7-21(16(15)2)28-17(3)22(26)24-13-12-19-14-29-23(25-19)18-8-10-20(27-4)11-9-18/h5-11,14,17H,12-13H2,1-4H3,(H,24,26). The van der Waals surface area contributed by atoms with Crippen LogP contribution in [-0.2, 0) is 11.2 Å². The molecular weight excluding hydrogens is 384 g/mol. The van der Waals surface area contributed by atoms with Gasteiger partial charge in [0, 0.05) is 23.9 Å². The molecule has 1 aromatic heterocycles. The molecular formula is C23H26N2O3S. The lowest BCUT2D eigenvalue weighted by atomic mass is 10.1. The van der Waals surface area contributed by atoms with Crippen molar-refractivity contribution in [2.45, 2.75) is 33.3 Å². The molecule has 1 unspecified atom stereocenters. The van der Waals surface area contributed by atoms with Crippen LogP contribution in [0.4, 0.5) is 0 Å². The van der Waals surface area contributed by atoms with Crippen LogP contribution in [0, 0.1) is 13.8 Å². The fourth-order valence-electron chi connectivity index (χ4n) is 2.84. The molecule has 6 heteroatoms. The number of ether oxygens (including phenoxy) is 2. The van der Waals surface area contributed by atoms with Crippen molar-refractivity contribution >= 4 is 17.2 Å². The molecule has 0 radical (unpaired) electrons. The number of carbonyl (C=O) groups excluding carboxylic acids is 1. The van der Waals surface area contributed by atoms with Gasteiger partial charge in [-0.3, -0.25) is 4.79 Å². The topological polar surface area (TPSA) is 60.5 Å². The molecule has 29 heavy (non-hydrogen) atoms. The monoisotopic (exact) mass is 410 g/mol. The second kappa shape index (κ2) is 9.56. The summed E-state index contributed by atoms with van der Waals surface area (Å²) in [4.78, 5) is 17.0. The first kappa shape index (κ1) is 20.9. The van der Waals surface area contributed by atoms with Crippen LogP contribution in [0.2, 0.25) is 0 Å². The van der Waals surface area contributed by atoms with Gasteiger partial charge >= 0.3 is 0 Å². The number of nitrogens with zero attached hydrogens (tertiary/aromatic N) is 1. The van der Waals surface area contributed by atoms with Gasteiger partial charge in [0.15, 0.2) is 6.10 Å². The molecule has 0 aliphatic heterocycles. The molecule has 0 fully saturated rings. The summed E-state index contributed by atoms with van der Waals surface area (Å²) in [5.41, 5.74) is 4.22. The van der Waals surface area contributed by atoms with Gasteiger partial charge < -0.3 is 14.8 Å². The van der Waals surface area contributed by atoms with Crippen molar-refractivity contribution in [3.05, 3.63) is 64.7 Å². The van der Waals surface area contributed by atoms with Gasteiger partial charge in [-0.25, -0.2) is 4.98 Å². The predicted octanol–water partition coefficient (Wildman–Crippen LogP) is 4.56. The number of amides is 1. The number of benzene rings is 2. The second-order valence-corrected chi connectivity index (χ2v) is 7.73. The minimum Gasteiger partial charge on any atom is -0.497 e. The summed E-state index contributed by atoms with van der Waals surface area (Å²) < 4.78 is 11.0. The maximum atomic E-state index is 12.4. The second-order valence-electron chi connectivity index (χ2n) is 6.87. The summed E-state index contributed by atoms with van der Waals surface area (Å²) in [7, 11) is 1.65. The lowest BCUT2D eigenvalue weighted by molar-refractivity contribution is -0.127. The highest BCUT2D eigenvalue weighted by molar-refractivity contribution is 7.13.